The molecule has 0 aromatic heterocycles. The molecule has 0 aliphatic carbocycles. The summed E-state index contributed by atoms with van der Waals surface area (Å²) in [6.45, 7) is 38.5. The van der Waals surface area contributed by atoms with Crippen LogP contribution < -0.4 is 92.9 Å². The molecular formula is C38H87AlCl5ILiN5NaO15RuS3. The second kappa shape index (κ2) is 46.1. The summed E-state index contributed by atoms with van der Waals surface area (Å²) in [5.41, 5.74) is -1.85. The fourth-order valence-electron chi connectivity index (χ4n) is 4.89. The van der Waals surface area contributed by atoms with E-state index >= 15 is 0 Å². The Morgan fingerprint density at radius 2 is 1.27 bits per heavy atom. The first-order valence-corrected chi connectivity index (χ1v) is 36.4. The molecule has 2 fully saturated rings. The number of aliphatic hydroxyl groups excluding tert-OH is 1. The first kappa shape index (κ1) is 93.8. The van der Waals surface area contributed by atoms with Gasteiger partial charge in [0.05, 0.1) is 37.5 Å². The largest absolute Gasteiger partial charge is 1.00 e. The number of nitrogens with one attached hydrogen (secondary N) is 2. The zero-order chi connectivity index (χ0) is 56.2. The minimum absolute atomic E-state index is 0. The average Bonchev–Trinajstić information content (AvgIpc) is 3.56. The summed E-state index contributed by atoms with van der Waals surface area (Å²) in [7, 11) is 24.0. The maximum atomic E-state index is 11.2. The van der Waals surface area contributed by atoms with Crippen molar-refractivity contribution in [1.82, 2.24) is 24.1 Å². The maximum absolute atomic E-state index is 11.2. The number of aliphatic carboxylic acids is 1. The predicted octanol–water partition coefficient (Wildman–Crippen LogP) is -6.19. The molecule has 0 spiro atoms. The number of carbonyl (C=O) groups is 2. The minimum Gasteiger partial charge on any atom is -1.00 e. The van der Waals surface area contributed by atoms with Crippen LogP contribution >= 0.6 is 50.4 Å². The SMILES string of the molecule is CC(C)[C@]1(C)COS(=O)(=O)N1C.CC(C)[C@]1(C)COS(=O)N1C.CCN(C(C)C)C(C)C.CCOC(=O)N[C@@](C)(C(=O)O)C(C)C.CN[C@@](C)(CO)C(C)C.O=S(Cl)Cl.[AlH3].[Cl][Ru]([Cl])[Cl].[H-].[Li+].[Na+].[O-][I+3]([O-])([O-])[O-]. The van der Waals surface area contributed by atoms with Crippen LogP contribution in [0.25, 0.3) is 0 Å². The average molecular weight is 1410 g/mol. The van der Waals surface area contributed by atoms with Crippen molar-refractivity contribution in [3.63, 3.8) is 0 Å². The summed E-state index contributed by atoms with van der Waals surface area (Å²) < 4.78 is 94.5. The van der Waals surface area contributed by atoms with Gasteiger partial charge >= 0.3 is 113 Å². The van der Waals surface area contributed by atoms with Gasteiger partial charge in [0.15, 0.2) is 17.4 Å². The van der Waals surface area contributed by atoms with Crippen molar-refractivity contribution in [3.05, 3.63) is 0 Å². The number of amides is 1. The smallest absolute Gasteiger partial charge is 1.00 e. The number of carboxylic acid groups (broad SMARTS) is 1. The second-order valence-corrected chi connectivity index (χ2v) is 32.9. The molecule has 2 rings (SSSR count). The number of hydrogen-bond donors (Lipinski definition) is 4. The Balaban J connectivity index is -0.0000000780. The van der Waals surface area contributed by atoms with Crippen molar-refractivity contribution in [2.45, 2.75) is 159 Å². The summed E-state index contributed by atoms with van der Waals surface area (Å²) >= 11 is -8.92. The van der Waals surface area contributed by atoms with Gasteiger partial charge in [-0.25, -0.2) is 18.0 Å². The van der Waals surface area contributed by atoms with Crippen LogP contribution in [0, 0.1) is 23.7 Å². The fourth-order valence-corrected chi connectivity index (χ4v) is 7.31. The number of halogens is 6. The van der Waals surface area contributed by atoms with Gasteiger partial charge in [0.25, 0.3) is 0 Å². The Kier molecular flexibility index (Phi) is 60.9. The van der Waals surface area contributed by atoms with E-state index < -0.39 is 87.0 Å². The molecule has 0 aromatic rings. The number of alkyl carbamates (subject to hydrolysis) is 1. The van der Waals surface area contributed by atoms with Gasteiger partial charge in [0, 0.05) is 53.1 Å². The Morgan fingerprint density at radius 1 is 0.915 bits per heavy atom. The molecule has 0 aromatic carbocycles. The van der Waals surface area contributed by atoms with E-state index in [1.54, 1.807) is 32.1 Å². The normalized spacial score (nSPS) is 21.0. The summed E-state index contributed by atoms with van der Waals surface area (Å²) in [5, 5.41) is 23.3. The Hall–Kier alpha value is 3.48. The Morgan fingerprint density at radius 3 is 1.38 bits per heavy atom. The molecule has 5 atom stereocenters. The predicted molar refractivity (Wildman–Crippen MR) is 273 cm³/mol. The second-order valence-electron chi connectivity index (χ2n) is 17.4. The van der Waals surface area contributed by atoms with Crippen LogP contribution in [0.2, 0.25) is 0 Å². The quantitative estimate of drug-likeness (QED) is 0.0803. The first-order chi connectivity index (χ1) is 30.2. The zero-order valence-corrected chi connectivity index (χ0v) is 57.5. The number of carbonyl (C=O) groups excluding carboxylic acids is 1. The van der Waals surface area contributed by atoms with Crippen LogP contribution in [0.5, 0.6) is 0 Å². The molecule has 0 saturated carbocycles. The monoisotopic (exact) mass is 1410 g/mol. The molecule has 2 aliphatic rings. The van der Waals surface area contributed by atoms with Crippen molar-refractivity contribution >= 4 is 111 Å². The summed E-state index contributed by atoms with van der Waals surface area (Å²) in [6, 6.07) is 1.38. The van der Waals surface area contributed by atoms with Gasteiger partial charge in [-0.05, 0) is 99.6 Å². The number of hydrogen-bond acceptors (Lipinski definition) is 16. The van der Waals surface area contributed by atoms with E-state index in [9.17, 15) is 22.2 Å². The number of aliphatic hydroxyl groups is 1. The first-order valence-electron chi connectivity index (χ1n) is 20.9. The minimum atomic E-state index is -5.94. The molecule has 1 unspecified atom stereocenters. The van der Waals surface area contributed by atoms with E-state index in [1.165, 1.54) is 11.2 Å². The van der Waals surface area contributed by atoms with Gasteiger partial charge in [-0.15, -0.1) is 0 Å². The fraction of sp³-hybridized carbons (Fsp3) is 0.947. The zero-order valence-electron chi connectivity index (χ0n) is 46.4. The van der Waals surface area contributed by atoms with Crippen molar-refractivity contribution < 1.29 is 146 Å². The van der Waals surface area contributed by atoms with Gasteiger partial charge < -0.3 is 27.0 Å². The van der Waals surface area contributed by atoms with Gasteiger partial charge in [0.1, 0.15) is 25.6 Å². The van der Waals surface area contributed by atoms with Crippen LogP contribution in [0.1, 0.15) is 126 Å². The Bertz CT molecular complexity index is 1540. The number of likely N-dealkylation sites (N-methyl/N-ethyl adjacent to an activating group) is 3. The van der Waals surface area contributed by atoms with Crippen molar-refractivity contribution in [2.75, 3.05) is 54.1 Å². The van der Waals surface area contributed by atoms with E-state index in [-0.39, 0.29) is 110 Å². The molecule has 20 nitrogen and oxygen atoms in total. The van der Waals surface area contributed by atoms with E-state index in [0.717, 1.165) is 6.54 Å². The molecule has 2 heterocycles. The van der Waals surface area contributed by atoms with Crippen LogP contribution in [0.15, 0.2) is 0 Å². The number of nitrogens with zero attached hydrogens (tertiary/aromatic N) is 3. The van der Waals surface area contributed by atoms with E-state index in [2.05, 4.69) is 111 Å². The van der Waals surface area contributed by atoms with Crippen LogP contribution in [-0.4, -0.2) is 158 Å². The molecule has 0 bridgehead atoms. The third-order valence-electron chi connectivity index (χ3n) is 11.5. The topological polar surface area (TPSA) is 297 Å². The molecule has 1 amide bonds. The van der Waals surface area contributed by atoms with Gasteiger partial charge in [-0.1, -0.05) is 62.3 Å². The third-order valence-corrected chi connectivity index (χ3v) is 14.2. The molecular weight excluding hydrogens is 1320 g/mol. The molecule has 0 radical (unpaired) electrons. The number of rotatable bonds is 12. The summed E-state index contributed by atoms with van der Waals surface area (Å²) in [5.74, 6) is -0.115. The van der Waals surface area contributed by atoms with E-state index in [0.29, 0.717) is 30.5 Å². The van der Waals surface area contributed by atoms with E-state index in [1.807, 2.05) is 41.8 Å². The van der Waals surface area contributed by atoms with Gasteiger partial charge in [-0.2, -0.15) is 17.0 Å². The number of ether oxygens (including phenoxy) is 1. The van der Waals surface area contributed by atoms with Crippen LogP contribution in [-0.2, 0) is 61.7 Å². The maximum Gasteiger partial charge on any atom is 1.00 e. The summed E-state index contributed by atoms with van der Waals surface area (Å²) in [6.07, 6.45) is -0.703. The van der Waals surface area contributed by atoms with Crippen LogP contribution in [0.3, 0.4) is 0 Å². The van der Waals surface area contributed by atoms with Crippen molar-refractivity contribution in [3.8, 4) is 0 Å². The molecule has 2 aliphatic heterocycles. The summed E-state index contributed by atoms with van der Waals surface area (Å²) in [4.78, 5) is 24.5. The standard InChI is InChI=1S/C9H17NO4.C8H19N.C7H15NO3S.C7H15NO2S.C7H17NO.Al.Cl2OS.3ClH.IO4.Li.Na.Ru.4H/c1-5-14-8(13)10-9(4,6(2)3)7(11)12;1-6-9(7(2)3)8(4)5;1-6(2)7(3)5-11-12(9,10)8(7)4;1-6(2)7(3)5-10-11(9)8(7)4;1-6(2)7(3,5-9)8-4;;1-4(2)3;;;;2-1(3,4)5;;;;;;;/h6H,5H2,1-4H3,(H,10,13)(H,11,12);7-8H,6H2,1-5H3;6H,5H2,1-4H3;6H,5H2,1-4H3;6,8-9H,5H2,1-4H3;;;3*1H;;;;;;;;/q;;;;;;;;;;-1;2*+1;+3;;;;-1/p-3/t9-;;7-;7-,11?;7-;;;;;;;;;;;;;/m1.000............./s1. The van der Waals surface area contributed by atoms with Gasteiger partial charge in [0.2, 0.25) is 20.5 Å². The van der Waals surface area contributed by atoms with Crippen molar-refractivity contribution in [1.29, 1.82) is 0 Å². The molecule has 2 saturated heterocycles. The molecule has 71 heavy (non-hydrogen) atoms. The van der Waals surface area contributed by atoms with Crippen molar-refractivity contribution in [2.24, 2.45) is 23.7 Å². The van der Waals surface area contributed by atoms with Gasteiger partial charge in [-0.3, -0.25) is 27.0 Å². The molecule has 33 heteroatoms. The molecule has 4 N–H and O–H groups in total. The van der Waals surface area contributed by atoms with E-state index in [4.69, 9.17) is 65.6 Å². The third kappa shape index (κ3) is 43.9. The van der Waals surface area contributed by atoms with Crippen LogP contribution in [0.4, 0.5) is 4.79 Å². The Labute approximate surface area is 511 Å². The molecule has 427 valence electrons. The number of carboxylic acids is 1.